The molecule has 0 saturated heterocycles. The second-order valence-electron chi connectivity index (χ2n) is 6.93. The Labute approximate surface area is 175 Å². The van der Waals surface area contributed by atoms with Crippen LogP contribution in [0.15, 0.2) is 42.5 Å². The normalized spacial score (nSPS) is 15.7. The summed E-state index contributed by atoms with van der Waals surface area (Å²) < 4.78 is 10.5. The number of ether oxygens (including phenoxy) is 2. The molecular weight excluding hydrogens is 386 g/mol. The van der Waals surface area contributed by atoms with E-state index in [9.17, 15) is 14.4 Å². The molecule has 0 saturated carbocycles. The Hall–Kier alpha value is -3.55. The summed E-state index contributed by atoms with van der Waals surface area (Å²) in [4.78, 5) is 38.9. The van der Waals surface area contributed by atoms with E-state index in [0.29, 0.717) is 35.7 Å². The van der Waals surface area contributed by atoms with Crippen LogP contribution >= 0.6 is 0 Å². The van der Waals surface area contributed by atoms with E-state index in [2.05, 4.69) is 10.6 Å². The number of hydrogen-bond acceptors (Lipinski definition) is 5. The zero-order valence-electron chi connectivity index (χ0n) is 17.2. The topological polar surface area (TPSA) is 97.0 Å². The Bertz CT molecular complexity index is 960. The summed E-state index contributed by atoms with van der Waals surface area (Å²) in [6.45, 7) is 1.83. The summed E-state index contributed by atoms with van der Waals surface area (Å²) in [5.74, 6) is 0.298. The van der Waals surface area contributed by atoms with Crippen molar-refractivity contribution < 1.29 is 23.9 Å². The smallest absolute Gasteiger partial charge is 0.254 e. The lowest BCUT2D eigenvalue weighted by atomic mass is 10.1. The summed E-state index contributed by atoms with van der Waals surface area (Å²) in [6, 6.07) is 11.6. The molecule has 2 aromatic carbocycles. The van der Waals surface area contributed by atoms with Gasteiger partial charge in [-0.2, -0.15) is 0 Å². The predicted octanol–water partition coefficient (Wildman–Crippen LogP) is 1.53. The number of anilines is 1. The van der Waals surface area contributed by atoms with Crippen molar-refractivity contribution in [3.8, 4) is 11.5 Å². The van der Waals surface area contributed by atoms with Crippen molar-refractivity contribution in [1.82, 2.24) is 10.6 Å². The third kappa shape index (κ3) is 4.53. The van der Waals surface area contributed by atoms with Gasteiger partial charge < -0.3 is 25.0 Å². The van der Waals surface area contributed by atoms with E-state index in [0.717, 1.165) is 5.56 Å². The van der Waals surface area contributed by atoms with Gasteiger partial charge in [0.2, 0.25) is 11.8 Å². The molecule has 3 rings (SSSR count). The molecule has 1 heterocycles. The van der Waals surface area contributed by atoms with Gasteiger partial charge in [-0.05, 0) is 43.2 Å². The zero-order chi connectivity index (χ0) is 21.7. The van der Waals surface area contributed by atoms with Gasteiger partial charge in [0.15, 0.2) is 11.5 Å². The first kappa shape index (κ1) is 21.2. The Kier molecular flexibility index (Phi) is 6.56. The third-order valence-electron chi connectivity index (χ3n) is 4.91. The van der Waals surface area contributed by atoms with Gasteiger partial charge in [-0.1, -0.05) is 18.2 Å². The number of methoxy groups -OCH3 is 2. The summed E-state index contributed by atoms with van der Waals surface area (Å²) in [6.07, 6.45) is 0.590. The van der Waals surface area contributed by atoms with Gasteiger partial charge in [-0.25, -0.2) is 0 Å². The SMILES string of the molecule is COc1ccc(CCNC(=O)CN2C(=O)[C@@H](C)NC(=O)c3ccccc32)cc1OC. The molecule has 3 amide bonds. The fourth-order valence-corrected chi connectivity index (χ4v) is 3.33. The number of para-hydroxylation sites is 1. The van der Waals surface area contributed by atoms with Crippen LogP contribution in [0.2, 0.25) is 0 Å². The highest BCUT2D eigenvalue weighted by atomic mass is 16.5. The van der Waals surface area contributed by atoms with Crippen molar-refractivity contribution in [2.24, 2.45) is 0 Å². The fourth-order valence-electron chi connectivity index (χ4n) is 3.33. The number of hydrogen-bond donors (Lipinski definition) is 2. The van der Waals surface area contributed by atoms with Crippen molar-refractivity contribution in [1.29, 1.82) is 0 Å². The average molecular weight is 411 g/mol. The molecule has 0 bridgehead atoms. The summed E-state index contributed by atoms with van der Waals surface area (Å²) >= 11 is 0. The molecule has 1 aliphatic rings. The Balaban J connectivity index is 1.65. The van der Waals surface area contributed by atoms with Gasteiger partial charge in [-0.15, -0.1) is 0 Å². The number of nitrogens with one attached hydrogen (secondary N) is 2. The van der Waals surface area contributed by atoms with Crippen LogP contribution < -0.4 is 25.0 Å². The van der Waals surface area contributed by atoms with Crippen LogP contribution in [0.3, 0.4) is 0 Å². The van der Waals surface area contributed by atoms with Gasteiger partial charge in [0.05, 0.1) is 25.5 Å². The second kappa shape index (κ2) is 9.30. The van der Waals surface area contributed by atoms with E-state index in [4.69, 9.17) is 9.47 Å². The average Bonchev–Trinajstić information content (AvgIpc) is 2.84. The molecule has 0 aliphatic carbocycles. The molecule has 0 unspecified atom stereocenters. The molecule has 2 N–H and O–H groups in total. The first-order chi connectivity index (χ1) is 14.4. The highest BCUT2D eigenvalue weighted by Gasteiger charge is 2.32. The number of benzene rings is 2. The maximum atomic E-state index is 12.7. The molecule has 0 fully saturated rings. The Morgan fingerprint density at radius 1 is 1.10 bits per heavy atom. The lowest BCUT2D eigenvalue weighted by molar-refractivity contribution is -0.124. The van der Waals surface area contributed by atoms with E-state index in [1.807, 2.05) is 18.2 Å². The summed E-state index contributed by atoms with van der Waals surface area (Å²) in [5.41, 5.74) is 1.78. The molecule has 8 nitrogen and oxygen atoms in total. The molecule has 0 spiro atoms. The molecule has 2 aromatic rings. The Morgan fingerprint density at radius 2 is 1.83 bits per heavy atom. The van der Waals surface area contributed by atoms with E-state index in [-0.39, 0.29) is 24.3 Å². The van der Waals surface area contributed by atoms with Crippen LogP contribution in [0, 0.1) is 0 Å². The van der Waals surface area contributed by atoms with Crippen LogP contribution in [0.5, 0.6) is 11.5 Å². The van der Waals surface area contributed by atoms with E-state index in [1.165, 1.54) is 4.90 Å². The van der Waals surface area contributed by atoms with Crippen LogP contribution in [0.1, 0.15) is 22.8 Å². The third-order valence-corrected chi connectivity index (χ3v) is 4.91. The first-order valence-electron chi connectivity index (χ1n) is 9.63. The van der Waals surface area contributed by atoms with Crippen LogP contribution in [-0.4, -0.2) is 51.1 Å². The van der Waals surface area contributed by atoms with Crippen molar-refractivity contribution in [2.75, 3.05) is 32.2 Å². The minimum Gasteiger partial charge on any atom is -0.493 e. The number of carbonyl (C=O) groups is 3. The first-order valence-corrected chi connectivity index (χ1v) is 9.63. The van der Waals surface area contributed by atoms with E-state index in [1.54, 1.807) is 45.4 Å². The van der Waals surface area contributed by atoms with Gasteiger partial charge >= 0.3 is 0 Å². The van der Waals surface area contributed by atoms with Crippen molar-refractivity contribution in [3.05, 3.63) is 53.6 Å². The molecule has 158 valence electrons. The van der Waals surface area contributed by atoms with Gasteiger partial charge in [0.25, 0.3) is 5.91 Å². The maximum Gasteiger partial charge on any atom is 0.254 e. The minimum absolute atomic E-state index is 0.166. The summed E-state index contributed by atoms with van der Waals surface area (Å²) in [5, 5.41) is 5.48. The molecular formula is C22H25N3O5. The van der Waals surface area contributed by atoms with Crippen molar-refractivity contribution in [2.45, 2.75) is 19.4 Å². The number of carbonyl (C=O) groups excluding carboxylic acids is 3. The second-order valence-corrected chi connectivity index (χ2v) is 6.93. The lowest BCUT2D eigenvalue weighted by Gasteiger charge is -2.23. The number of fused-ring (bicyclic) bond motifs is 1. The number of nitrogens with zero attached hydrogens (tertiary/aromatic N) is 1. The van der Waals surface area contributed by atoms with Crippen LogP contribution in [-0.2, 0) is 16.0 Å². The molecule has 8 heteroatoms. The standard InChI is InChI=1S/C22H25N3O5/c1-14-22(28)25(17-7-5-4-6-16(17)21(27)24-14)13-20(26)23-11-10-15-8-9-18(29-2)19(12-15)30-3/h4-9,12,14H,10-11,13H2,1-3H3,(H,23,26)(H,24,27)/t14-/m1/s1. The fraction of sp³-hybridized carbons (Fsp3) is 0.318. The Morgan fingerprint density at radius 3 is 2.57 bits per heavy atom. The van der Waals surface area contributed by atoms with Crippen LogP contribution in [0.25, 0.3) is 0 Å². The molecule has 0 aromatic heterocycles. The minimum atomic E-state index is -0.718. The summed E-state index contributed by atoms with van der Waals surface area (Å²) in [7, 11) is 3.14. The number of amides is 3. The maximum absolute atomic E-state index is 12.7. The van der Waals surface area contributed by atoms with Crippen molar-refractivity contribution >= 4 is 23.4 Å². The zero-order valence-corrected chi connectivity index (χ0v) is 17.2. The molecule has 1 atom stereocenters. The van der Waals surface area contributed by atoms with E-state index >= 15 is 0 Å². The quantitative estimate of drug-likeness (QED) is 0.720. The lowest BCUT2D eigenvalue weighted by Crippen LogP contribution is -2.47. The highest BCUT2D eigenvalue weighted by Crippen LogP contribution is 2.27. The monoisotopic (exact) mass is 411 g/mol. The van der Waals surface area contributed by atoms with Crippen LogP contribution in [0.4, 0.5) is 5.69 Å². The van der Waals surface area contributed by atoms with Gasteiger partial charge in [-0.3, -0.25) is 14.4 Å². The molecule has 1 aliphatic heterocycles. The predicted molar refractivity (Wildman–Crippen MR) is 112 cm³/mol. The molecule has 30 heavy (non-hydrogen) atoms. The van der Waals surface area contributed by atoms with Gasteiger partial charge in [0.1, 0.15) is 12.6 Å². The molecule has 0 radical (unpaired) electrons. The van der Waals surface area contributed by atoms with E-state index < -0.39 is 6.04 Å². The number of rotatable bonds is 7. The largest absolute Gasteiger partial charge is 0.493 e. The van der Waals surface area contributed by atoms with Gasteiger partial charge in [0, 0.05) is 6.54 Å². The van der Waals surface area contributed by atoms with Crippen molar-refractivity contribution in [3.63, 3.8) is 0 Å². The highest BCUT2D eigenvalue weighted by molar-refractivity contribution is 6.12.